The van der Waals surface area contributed by atoms with E-state index in [-0.39, 0.29) is 6.10 Å². The van der Waals surface area contributed by atoms with E-state index in [0.717, 1.165) is 26.1 Å². The zero-order valence-corrected chi connectivity index (χ0v) is 20.9. The first-order chi connectivity index (χ1) is 13.9. The van der Waals surface area contributed by atoms with Gasteiger partial charge in [0.05, 0.1) is 22.1 Å². The number of benzene rings is 1. The lowest BCUT2D eigenvalue weighted by atomic mass is 9.97. The maximum absolute atomic E-state index is 6.60. The fourth-order valence-electron chi connectivity index (χ4n) is 3.82. The lowest BCUT2D eigenvalue weighted by molar-refractivity contribution is -0.109. The molecule has 0 aliphatic rings. The van der Waals surface area contributed by atoms with Crippen molar-refractivity contribution in [2.45, 2.75) is 104 Å². The summed E-state index contributed by atoms with van der Waals surface area (Å²) in [5, 5.41) is -0.547. The van der Waals surface area contributed by atoms with E-state index in [9.17, 15) is 0 Å². The monoisotopic (exact) mass is 417 g/mol. The van der Waals surface area contributed by atoms with Crippen LogP contribution in [0.2, 0.25) is 0 Å². The maximum atomic E-state index is 6.60. The van der Waals surface area contributed by atoms with Crippen LogP contribution in [-0.4, -0.2) is 28.7 Å². The summed E-state index contributed by atoms with van der Waals surface area (Å²) < 4.78 is 13.1. The van der Waals surface area contributed by atoms with Crippen LogP contribution in [0.1, 0.15) is 103 Å². The molecule has 3 heteroatoms. The highest BCUT2D eigenvalue weighted by atomic mass is 28.1. The molecule has 1 aromatic carbocycles. The van der Waals surface area contributed by atoms with E-state index in [1.807, 2.05) is 0 Å². The van der Waals surface area contributed by atoms with Gasteiger partial charge in [0, 0.05) is 6.61 Å². The number of ether oxygens (including phenoxy) is 2. The molecule has 4 atom stereocenters. The van der Waals surface area contributed by atoms with Gasteiger partial charge in [-0.25, -0.2) is 0 Å². The van der Waals surface area contributed by atoms with Crippen LogP contribution < -0.4 is 0 Å². The molecular formula is C26H45O2Si. The maximum Gasteiger partial charge on any atom is 0.107 e. The summed E-state index contributed by atoms with van der Waals surface area (Å²) >= 11 is 0. The smallest absolute Gasteiger partial charge is 0.107 e. The van der Waals surface area contributed by atoms with Crippen molar-refractivity contribution in [1.82, 2.24) is 0 Å². The molecular weight excluding hydrogens is 372 g/mol. The summed E-state index contributed by atoms with van der Waals surface area (Å²) in [7, 11) is 3.99. The second-order valence-corrected chi connectivity index (χ2v) is 9.81. The number of unbranched alkanes of at least 4 members (excludes halogenated alkanes) is 2. The largest absolute Gasteiger partial charge is 0.376 e. The van der Waals surface area contributed by atoms with Crippen molar-refractivity contribution in [2.24, 2.45) is 11.8 Å². The van der Waals surface area contributed by atoms with Gasteiger partial charge in [-0.1, -0.05) is 90.5 Å². The lowest BCUT2D eigenvalue weighted by Crippen LogP contribution is -2.40. The van der Waals surface area contributed by atoms with Crippen molar-refractivity contribution in [3.8, 4) is 0 Å². The summed E-state index contributed by atoms with van der Waals surface area (Å²) in [5.41, 5.74) is 2.47. The minimum atomic E-state index is -0.547. The van der Waals surface area contributed by atoms with Crippen LogP contribution in [0.25, 0.3) is 0 Å². The van der Waals surface area contributed by atoms with Gasteiger partial charge < -0.3 is 9.47 Å². The van der Waals surface area contributed by atoms with E-state index in [0.29, 0.717) is 11.8 Å². The molecule has 0 amide bonds. The fourth-order valence-corrected chi connectivity index (χ4v) is 4.14. The summed E-state index contributed by atoms with van der Waals surface area (Å²) in [6, 6.07) is 8.54. The predicted octanol–water partition coefficient (Wildman–Crippen LogP) is 7.39. The summed E-state index contributed by atoms with van der Waals surface area (Å²) in [5.74, 6) is 1.22. The zero-order chi connectivity index (χ0) is 21.7. The summed E-state index contributed by atoms with van der Waals surface area (Å²) in [6.07, 6.45) is 9.70. The fraction of sp³-hybridized carbons (Fsp3) is 0.769. The average Bonchev–Trinajstić information content (AvgIpc) is 2.71. The Morgan fingerprint density at radius 1 is 0.897 bits per heavy atom. The Balaban J connectivity index is 2.92. The molecule has 0 aromatic heterocycles. The molecule has 0 spiro atoms. The molecule has 3 radical (unpaired) electrons. The summed E-state index contributed by atoms with van der Waals surface area (Å²) in [6.45, 7) is 14.9. The standard InChI is InChI=1S/C26H45O2Si/c1-7-11-16-22(9-3)19-27-25(24-18-14-13-15-21(24)5)26(6,29)28-20-23(10-4)17-12-8-2/h13-15,18,22-23,25H,7-12,16-17,19-20H2,1-6H3. The highest BCUT2D eigenvalue weighted by molar-refractivity contribution is 6.14. The van der Waals surface area contributed by atoms with Crippen LogP contribution in [-0.2, 0) is 9.47 Å². The quantitative estimate of drug-likeness (QED) is 0.261. The molecule has 0 saturated carbocycles. The first-order valence-electron chi connectivity index (χ1n) is 11.9. The van der Waals surface area contributed by atoms with Gasteiger partial charge in [-0.05, 0) is 49.7 Å². The Hall–Kier alpha value is -0.643. The molecule has 0 aliphatic carbocycles. The number of aryl methyl sites for hydroxylation is 1. The van der Waals surface area contributed by atoms with Crippen LogP contribution in [0.5, 0.6) is 0 Å². The molecule has 29 heavy (non-hydrogen) atoms. The number of hydrogen-bond acceptors (Lipinski definition) is 2. The molecule has 2 nitrogen and oxygen atoms in total. The Morgan fingerprint density at radius 2 is 1.45 bits per heavy atom. The van der Waals surface area contributed by atoms with E-state index < -0.39 is 5.22 Å². The molecule has 0 N–H and O–H groups in total. The van der Waals surface area contributed by atoms with Crippen LogP contribution >= 0.6 is 0 Å². The Labute approximate surface area is 184 Å². The third-order valence-electron chi connectivity index (χ3n) is 6.18. The van der Waals surface area contributed by atoms with Crippen LogP contribution in [0.3, 0.4) is 0 Å². The molecule has 165 valence electrons. The predicted molar refractivity (Wildman–Crippen MR) is 127 cm³/mol. The minimum Gasteiger partial charge on any atom is -0.376 e. The van der Waals surface area contributed by atoms with Gasteiger partial charge in [0.2, 0.25) is 0 Å². The highest BCUT2D eigenvalue weighted by Gasteiger charge is 2.34. The topological polar surface area (TPSA) is 18.5 Å². The molecule has 0 heterocycles. The van der Waals surface area contributed by atoms with Crippen molar-refractivity contribution < 1.29 is 9.47 Å². The number of hydrogen-bond donors (Lipinski definition) is 0. The van der Waals surface area contributed by atoms with Crippen LogP contribution in [0.15, 0.2) is 24.3 Å². The van der Waals surface area contributed by atoms with Gasteiger partial charge in [0.15, 0.2) is 0 Å². The third kappa shape index (κ3) is 9.36. The van der Waals surface area contributed by atoms with E-state index in [1.165, 1.54) is 49.7 Å². The summed E-state index contributed by atoms with van der Waals surface area (Å²) in [4.78, 5) is 0. The first kappa shape index (κ1) is 26.4. The second-order valence-electron chi connectivity index (χ2n) is 8.82. The van der Waals surface area contributed by atoms with Gasteiger partial charge in [-0.15, -0.1) is 0 Å². The SMILES string of the molecule is CCCCC(CC)COC(c1ccccc1C)C(C)([Si])OCC(CC)CCCC. The molecule has 1 rings (SSSR count). The molecule has 0 fully saturated rings. The van der Waals surface area contributed by atoms with E-state index in [1.54, 1.807) is 0 Å². The Morgan fingerprint density at radius 3 is 1.97 bits per heavy atom. The van der Waals surface area contributed by atoms with Gasteiger partial charge >= 0.3 is 0 Å². The van der Waals surface area contributed by atoms with E-state index in [4.69, 9.17) is 9.47 Å². The van der Waals surface area contributed by atoms with Crippen molar-refractivity contribution in [3.05, 3.63) is 35.4 Å². The molecule has 1 aromatic rings. The average molecular weight is 418 g/mol. The van der Waals surface area contributed by atoms with Crippen LogP contribution in [0.4, 0.5) is 0 Å². The molecule has 0 saturated heterocycles. The number of rotatable bonds is 16. The van der Waals surface area contributed by atoms with Gasteiger partial charge in [0.25, 0.3) is 0 Å². The normalized spacial score (nSPS) is 16.9. The highest BCUT2D eigenvalue weighted by Crippen LogP contribution is 2.34. The van der Waals surface area contributed by atoms with E-state index in [2.05, 4.69) is 76.1 Å². The van der Waals surface area contributed by atoms with Gasteiger partial charge in [-0.3, -0.25) is 0 Å². The Bertz CT molecular complexity index is 543. The second kappa shape index (κ2) is 14.4. The molecule has 0 aliphatic heterocycles. The van der Waals surface area contributed by atoms with Crippen molar-refractivity contribution in [2.75, 3.05) is 13.2 Å². The molecule has 0 bridgehead atoms. The first-order valence-corrected chi connectivity index (χ1v) is 12.4. The Kier molecular flexibility index (Phi) is 13.1. The van der Waals surface area contributed by atoms with Crippen LogP contribution in [0, 0.1) is 18.8 Å². The third-order valence-corrected chi connectivity index (χ3v) is 6.58. The molecule has 4 unspecified atom stereocenters. The lowest BCUT2D eigenvalue weighted by Gasteiger charge is -2.37. The van der Waals surface area contributed by atoms with Crippen molar-refractivity contribution >= 4 is 10.2 Å². The van der Waals surface area contributed by atoms with Gasteiger partial charge in [-0.2, -0.15) is 0 Å². The zero-order valence-electron chi connectivity index (χ0n) is 19.9. The van der Waals surface area contributed by atoms with Crippen molar-refractivity contribution in [1.29, 1.82) is 0 Å². The van der Waals surface area contributed by atoms with E-state index >= 15 is 0 Å². The minimum absolute atomic E-state index is 0.125. The van der Waals surface area contributed by atoms with Crippen molar-refractivity contribution in [3.63, 3.8) is 0 Å². The van der Waals surface area contributed by atoms with Gasteiger partial charge in [0.1, 0.15) is 6.10 Å².